The molecule has 0 aliphatic heterocycles. The van der Waals surface area contributed by atoms with Crippen molar-refractivity contribution in [1.29, 1.82) is 0 Å². The van der Waals surface area contributed by atoms with E-state index in [2.05, 4.69) is 68.6 Å². The minimum absolute atomic E-state index is 0.463. The Kier molecular flexibility index (Phi) is 18.1. The van der Waals surface area contributed by atoms with E-state index < -0.39 is 0 Å². The van der Waals surface area contributed by atoms with Gasteiger partial charge in [0.25, 0.3) is 0 Å². The van der Waals surface area contributed by atoms with Crippen LogP contribution in [0.4, 0.5) is 0 Å². The first-order valence-corrected chi connectivity index (χ1v) is 9.70. The Labute approximate surface area is 87.2 Å². The summed E-state index contributed by atoms with van der Waals surface area (Å²) < 4.78 is 0. The maximum atomic E-state index is 3.24. The molecule has 0 spiro atoms. The van der Waals surface area contributed by atoms with Crippen LogP contribution in [0.5, 0.6) is 0 Å². The van der Waals surface area contributed by atoms with Crippen molar-refractivity contribution < 1.29 is 0 Å². The lowest BCUT2D eigenvalue weighted by Crippen LogP contribution is -2.39. The molecule has 0 amide bonds. The monoisotopic (exact) mass is 370 g/mol. The molecule has 0 heterocycles. The Morgan fingerprint density at radius 1 is 1.10 bits per heavy atom. The van der Waals surface area contributed by atoms with Crippen molar-refractivity contribution >= 4 is 37.2 Å². The van der Waals surface area contributed by atoms with Crippen molar-refractivity contribution in [3.63, 3.8) is 0 Å². The van der Waals surface area contributed by atoms with Crippen molar-refractivity contribution in [2.75, 3.05) is 13.1 Å². The second-order valence-electron chi connectivity index (χ2n) is 1.84. The summed E-state index contributed by atoms with van der Waals surface area (Å²) in [6.45, 7) is 8.40. The van der Waals surface area contributed by atoms with Crippen molar-refractivity contribution in [1.82, 2.24) is 10.6 Å². The quantitative estimate of drug-likeness (QED) is 0.587. The summed E-state index contributed by atoms with van der Waals surface area (Å²) in [7, 11) is 0. The van der Waals surface area contributed by atoms with Crippen LogP contribution in [-0.4, -0.2) is 19.3 Å². The number of nitrogens with one attached hydrogen (secondary N) is 2. The van der Waals surface area contributed by atoms with Gasteiger partial charge in [-0.1, -0.05) is 13.8 Å². The van der Waals surface area contributed by atoms with Crippen molar-refractivity contribution in [2.45, 2.75) is 26.9 Å². The molecular weight excluding hydrogens is 354 g/mol. The van der Waals surface area contributed by atoms with Gasteiger partial charge < -0.3 is 10.6 Å². The molecule has 2 N–H and O–H groups in total. The van der Waals surface area contributed by atoms with Gasteiger partial charge in [-0.3, -0.25) is 0 Å². The van der Waals surface area contributed by atoms with E-state index in [9.17, 15) is 0 Å². The van der Waals surface area contributed by atoms with Gasteiger partial charge in [0.15, 0.2) is 0 Å². The van der Waals surface area contributed by atoms with E-state index in [-0.39, 0.29) is 0 Å². The van der Waals surface area contributed by atoms with Gasteiger partial charge in [-0.15, -0.1) is 0 Å². The third-order valence-corrected chi connectivity index (χ3v) is 1.02. The lowest BCUT2D eigenvalue weighted by molar-refractivity contribution is 0.478. The zero-order valence-corrected chi connectivity index (χ0v) is 11.1. The van der Waals surface area contributed by atoms with Crippen LogP contribution in [-0.2, 0) is 0 Å². The average Bonchev–Trinajstić information content (AvgIpc) is 1.93. The van der Waals surface area contributed by atoms with Crippen LogP contribution in [0.15, 0.2) is 0 Å². The Bertz CT molecular complexity index is 47.0. The molecule has 0 aromatic carbocycles. The van der Waals surface area contributed by atoms with E-state index in [1.807, 2.05) is 0 Å². The van der Waals surface area contributed by atoms with Crippen LogP contribution >= 0.6 is 37.2 Å². The third-order valence-electron chi connectivity index (χ3n) is 1.02. The molecule has 10 heavy (non-hydrogen) atoms. The van der Waals surface area contributed by atoms with Gasteiger partial charge in [-0.05, 0) is 20.0 Å². The lowest BCUT2D eigenvalue weighted by Gasteiger charge is -2.11. The summed E-state index contributed by atoms with van der Waals surface area (Å²) in [5.41, 5.74) is 0. The highest BCUT2D eigenvalue weighted by molar-refractivity contribution is 15.0. The molecule has 0 saturated heterocycles. The van der Waals surface area contributed by atoms with Crippen LogP contribution in [0.25, 0.3) is 0 Å². The molecule has 0 atom stereocenters. The largest absolute Gasteiger partial charge is 0.302 e. The number of halogens is 2. The zero-order chi connectivity index (χ0) is 8.41. The predicted octanol–water partition coefficient (Wildman–Crippen LogP) is 2.32. The predicted molar refractivity (Wildman–Crippen MR) is 64.9 cm³/mol. The lowest BCUT2D eigenvalue weighted by atomic mass is 10.5. The first-order valence-electron chi connectivity index (χ1n) is 3.42. The standard InChI is InChI=1S/C6H16N2.I2/c1-4-7-6(3)8-5-2;1-2/h6-8H,4-5H2,1-3H3;. The van der Waals surface area contributed by atoms with Gasteiger partial charge in [0, 0.05) is 37.2 Å². The molecule has 0 unspecified atom stereocenters. The highest BCUT2D eigenvalue weighted by Gasteiger charge is 1.91. The molecule has 0 fully saturated rings. The van der Waals surface area contributed by atoms with E-state index in [0.717, 1.165) is 13.1 Å². The van der Waals surface area contributed by atoms with Crippen molar-refractivity contribution in [2.24, 2.45) is 0 Å². The Balaban J connectivity index is 0. The maximum absolute atomic E-state index is 3.24. The fourth-order valence-corrected chi connectivity index (χ4v) is 0.685. The fraction of sp³-hybridized carbons (Fsp3) is 1.00. The Hall–Kier alpha value is 1.38. The van der Waals surface area contributed by atoms with E-state index >= 15 is 0 Å². The summed E-state index contributed by atoms with van der Waals surface area (Å²) in [5, 5.41) is 6.47. The SMILES string of the molecule is CCNC(C)NCC.II. The molecule has 0 saturated carbocycles. The smallest absolute Gasteiger partial charge is 0.0542 e. The van der Waals surface area contributed by atoms with Gasteiger partial charge in [-0.2, -0.15) is 0 Å². The second kappa shape index (κ2) is 13.0. The number of hydrogen-bond donors (Lipinski definition) is 2. The molecule has 2 nitrogen and oxygen atoms in total. The summed E-state index contributed by atoms with van der Waals surface area (Å²) >= 11 is 4.24. The number of rotatable bonds is 4. The second-order valence-corrected chi connectivity index (χ2v) is 1.84. The van der Waals surface area contributed by atoms with E-state index in [4.69, 9.17) is 0 Å². The average molecular weight is 370 g/mol. The van der Waals surface area contributed by atoms with Gasteiger partial charge in [0.05, 0.1) is 6.17 Å². The van der Waals surface area contributed by atoms with Gasteiger partial charge >= 0.3 is 0 Å². The zero-order valence-electron chi connectivity index (χ0n) is 6.75. The summed E-state index contributed by atoms with van der Waals surface area (Å²) in [6.07, 6.45) is 0.463. The van der Waals surface area contributed by atoms with Gasteiger partial charge in [-0.25, -0.2) is 0 Å². The van der Waals surface area contributed by atoms with Crippen molar-refractivity contribution in [3.8, 4) is 0 Å². The summed E-state index contributed by atoms with van der Waals surface area (Å²) in [5.74, 6) is 0. The van der Waals surface area contributed by atoms with Crippen LogP contribution in [0.3, 0.4) is 0 Å². The highest BCUT2D eigenvalue weighted by atomic mass is 128. The first-order chi connectivity index (χ1) is 4.81. The normalized spacial score (nSPS) is 9.00. The topological polar surface area (TPSA) is 24.1 Å². The molecule has 0 aromatic heterocycles. The van der Waals surface area contributed by atoms with E-state index in [1.165, 1.54) is 0 Å². The van der Waals surface area contributed by atoms with Crippen LogP contribution in [0.2, 0.25) is 0 Å². The molecule has 0 aliphatic rings. The van der Waals surface area contributed by atoms with E-state index in [1.54, 1.807) is 0 Å². The summed E-state index contributed by atoms with van der Waals surface area (Å²) in [4.78, 5) is 0. The molecule has 0 radical (unpaired) electrons. The minimum atomic E-state index is 0.463. The third kappa shape index (κ3) is 12.1. The molecule has 0 bridgehead atoms. The molecule has 0 rings (SSSR count). The molecular formula is C6H16I2N2. The maximum Gasteiger partial charge on any atom is 0.0542 e. The molecule has 4 heteroatoms. The fourth-order valence-electron chi connectivity index (χ4n) is 0.685. The molecule has 64 valence electrons. The molecule has 0 aromatic rings. The van der Waals surface area contributed by atoms with Crippen LogP contribution in [0.1, 0.15) is 20.8 Å². The van der Waals surface area contributed by atoms with Crippen LogP contribution < -0.4 is 10.6 Å². The Morgan fingerprint density at radius 3 is 1.60 bits per heavy atom. The minimum Gasteiger partial charge on any atom is -0.302 e. The highest BCUT2D eigenvalue weighted by Crippen LogP contribution is 1.89. The van der Waals surface area contributed by atoms with Gasteiger partial charge in [0.2, 0.25) is 0 Å². The Morgan fingerprint density at radius 2 is 1.40 bits per heavy atom. The molecule has 0 aliphatic carbocycles. The van der Waals surface area contributed by atoms with Crippen molar-refractivity contribution in [3.05, 3.63) is 0 Å². The van der Waals surface area contributed by atoms with Gasteiger partial charge in [0.1, 0.15) is 0 Å². The number of hydrogen-bond acceptors (Lipinski definition) is 2. The first kappa shape index (κ1) is 13.9. The van der Waals surface area contributed by atoms with Crippen LogP contribution in [0, 0.1) is 0 Å². The summed E-state index contributed by atoms with van der Waals surface area (Å²) in [6, 6.07) is 0. The van der Waals surface area contributed by atoms with E-state index in [0.29, 0.717) is 6.17 Å².